The molecule has 0 bridgehead atoms. The SMILES string of the molecule is CCc1ccc(NC(=O)N2CCCN(Cc3ccccc3F)C2)cc1. The van der Waals surface area contributed by atoms with E-state index in [2.05, 4.69) is 17.1 Å². The van der Waals surface area contributed by atoms with Crippen molar-refractivity contribution in [3.05, 3.63) is 65.5 Å². The highest BCUT2D eigenvalue weighted by atomic mass is 19.1. The number of benzene rings is 2. The molecule has 2 aromatic carbocycles. The van der Waals surface area contributed by atoms with Gasteiger partial charge in [-0.2, -0.15) is 0 Å². The van der Waals surface area contributed by atoms with Crippen LogP contribution in [-0.2, 0) is 13.0 Å². The first-order valence-corrected chi connectivity index (χ1v) is 8.76. The maximum Gasteiger partial charge on any atom is 0.322 e. The van der Waals surface area contributed by atoms with E-state index in [1.165, 1.54) is 11.6 Å². The number of urea groups is 1. The predicted octanol–water partition coefficient (Wildman–Crippen LogP) is 4.09. The Morgan fingerprint density at radius 2 is 1.88 bits per heavy atom. The number of carbonyl (C=O) groups excluding carboxylic acids is 1. The van der Waals surface area contributed by atoms with Crippen molar-refractivity contribution >= 4 is 11.7 Å². The van der Waals surface area contributed by atoms with Crippen LogP contribution in [0.5, 0.6) is 0 Å². The summed E-state index contributed by atoms with van der Waals surface area (Å²) in [6.45, 7) is 4.70. The quantitative estimate of drug-likeness (QED) is 0.909. The van der Waals surface area contributed by atoms with Crippen LogP contribution in [0.2, 0.25) is 0 Å². The second-order valence-electron chi connectivity index (χ2n) is 6.38. The van der Waals surface area contributed by atoms with E-state index < -0.39 is 0 Å². The van der Waals surface area contributed by atoms with Gasteiger partial charge in [-0.15, -0.1) is 0 Å². The van der Waals surface area contributed by atoms with Crippen molar-refractivity contribution in [2.45, 2.75) is 26.3 Å². The van der Waals surface area contributed by atoms with Crippen LogP contribution in [0.4, 0.5) is 14.9 Å². The number of carbonyl (C=O) groups is 1. The van der Waals surface area contributed by atoms with E-state index in [1.807, 2.05) is 30.3 Å². The minimum atomic E-state index is -0.194. The topological polar surface area (TPSA) is 35.6 Å². The van der Waals surface area contributed by atoms with Gasteiger partial charge in [0.2, 0.25) is 0 Å². The van der Waals surface area contributed by atoms with E-state index in [1.54, 1.807) is 17.0 Å². The van der Waals surface area contributed by atoms with E-state index in [0.29, 0.717) is 25.3 Å². The maximum absolute atomic E-state index is 13.8. The predicted molar refractivity (Wildman–Crippen MR) is 97.8 cm³/mol. The Kier molecular flexibility index (Phi) is 5.66. The number of rotatable bonds is 4. The number of hydrogen-bond acceptors (Lipinski definition) is 2. The summed E-state index contributed by atoms with van der Waals surface area (Å²) in [4.78, 5) is 16.4. The van der Waals surface area contributed by atoms with Gasteiger partial charge in [0, 0.05) is 30.9 Å². The summed E-state index contributed by atoms with van der Waals surface area (Å²) in [5, 5.41) is 2.94. The molecule has 1 heterocycles. The lowest BCUT2D eigenvalue weighted by atomic mass is 10.1. The molecule has 25 heavy (non-hydrogen) atoms. The molecule has 4 nitrogen and oxygen atoms in total. The van der Waals surface area contributed by atoms with Crippen LogP contribution in [0.3, 0.4) is 0 Å². The summed E-state index contributed by atoms with van der Waals surface area (Å²) < 4.78 is 13.8. The molecule has 2 aromatic rings. The minimum Gasteiger partial charge on any atom is -0.311 e. The van der Waals surface area contributed by atoms with Gasteiger partial charge in [0.1, 0.15) is 5.82 Å². The molecule has 1 fully saturated rings. The average Bonchev–Trinajstić information content (AvgIpc) is 2.64. The Morgan fingerprint density at radius 3 is 2.60 bits per heavy atom. The first kappa shape index (κ1) is 17.4. The fourth-order valence-electron chi connectivity index (χ4n) is 3.06. The molecule has 0 unspecified atom stereocenters. The monoisotopic (exact) mass is 341 g/mol. The Hall–Kier alpha value is -2.40. The van der Waals surface area contributed by atoms with Gasteiger partial charge in [-0.25, -0.2) is 9.18 Å². The smallest absolute Gasteiger partial charge is 0.311 e. The van der Waals surface area contributed by atoms with Crippen LogP contribution in [0.25, 0.3) is 0 Å². The highest BCUT2D eigenvalue weighted by Gasteiger charge is 2.22. The van der Waals surface area contributed by atoms with Gasteiger partial charge in [0.15, 0.2) is 0 Å². The summed E-state index contributed by atoms with van der Waals surface area (Å²) in [5.41, 5.74) is 2.71. The van der Waals surface area contributed by atoms with Crippen molar-refractivity contribution in [2.75, 3.05) is 25.1 Å². The molecule has 0 radical (unpaired) electrons. The van der Waals surface area contributed by atoms with E-state index in [0.717, 1.165) is 25.1 Å². The second kappa shape index (κ2) is 8.12. The summed E-state index contributed by atoms with van der Waals surface area (Å²) >= 11 is 0. The van der Waals surface area contributed by atoms with Gasteiger partial charge in [-0.1, -0.05) is 37.3 Å². The zero-order valence-corrected chi connectivity index (χ0v) is 14.5. The molecule has 1 N–H and O–H groups in total. The number of nitrogens with one attached hydrogen (secondary N) is 1. The van der Waals surface area contributed by atoms with Gasteiger partial charge in [0.05, 0.1) is 6.67 Å². The van der Waals surface area contributed by atoms with E-state index in [9.17, 15) is 9.18 Å². The summed E-state index contributed by atoms with van der Waals surface area (Å²) in [6, 6.07) is 14.6. The second-order valence-corrected chi connectivity index (χ2v) is 6.38. The first-order chi connectivity index (χ1) is 12.2. The van der Waals surface area contributed by atoms with Gasteiger partial charge in [-0.05, 0) is 36.6 Å². The molecule has 2 amide bonds. The lowest BCUT2D eigenvalue weighted by Crippen LogP contribution is -2.48. The third kappa shape index (κ3) is 4.57. The number of nitrogens with zero attached hydrogens (tertiary/aromatic N) is 2. The lowest BCUT2D eigenvalue weighted by molar-refractivity contribution is 0.104. The van der Waals surface area contributed by atoms with Crippen molar-refractivity contribution in [1.82, 2.24) is 9.80 Å². The molecule has 0 aromatic heterocycles. The third-order valence-corrected chi connectivity index (χ3v) is 4.53. The van der Waals surface area contributed by atoms with E-state index in [4.69, 9.17) is 0 Å². The molecule has 5 heteroatoms. The number of aryl methyl sites for hydroxylation is 1. The van der Waals surface area contributed by atoms with Crippen molar-refractivity contribution in [2.24, 2.45) is 0 Å². The summed E-state index contributed by atoms with van der Waals surface area (Å²) in [7, 11) is 0. The van der Waals surface area contributed by atoms with Gasteiger partial charge in [-0.3, -0.25) is 4.90 Å². The Labute approximate surface area is 148 Å². The normalized spacial score (nSPS) is 15.2. The molecular formula is C20H24FN3O. The molecule has 1 aliphatic rings. The van der Waals surface area contributed by atoms with Crippen LogP contribution in [0, 0.1) is 5.82 Å². The van der Waals surface area contributed by atoms with Crippen molar-refractivity contribution in [3.63, 3.8) is 0 Å². The number of anilines is 1. The fourth-order valence-corrected chi connectivity index (χ4v) is 3.06. The molecule has 0 atom stereocenters. The standard InChI is InChI=1S/C20H24FN3O/c1-2-16-8-10-18(11-9-16)22-20(25)24-13-5-12-23(15-24)14-17-6-3-4-7-19(17)21/h3-4,6-11H,2,5,12-15H2,1H3,(H,22,25). The minimum absolute atomic E-state index is 0.109. The van der Waals surface area contributed by atoms with Crippen LogP contribution < -0.4 is 5.32 Å². The summed E-state index contributed by atoms with van der Waals surface area (Å²) in [5.74, 6) is -0.194. The molecule has 1 aliphatic heterocycles. The van der Waals surface area contributed by atoms with Crippen LogP contribution >= 0.6 is 0 Å². The van der Waals surface area contributed by atoms with E-state index >= 15 is 0 Å². The molecule has 0 aliphatic carbocycles. The molecule has 0 saturated carbocycles. The number of amides is 2. The maximum atomic E-state index is 13.8. The fraction of sp³-hybridized carbons (Fsp3) is 0.350. The van der Waals surface area contributed by atoms with Crippen molar-refractivity contribution in [1.29, 1.82) is 0 Å². The number of halogens is 1. The Morgan fingerprint density at radius 1 is 1.12 bits per heavy atom. The Bertz CT molecular complexity index is 717. The van der Waals surface area contributed by atoms with Crippen LogP contribution in [0.1, 0.15) is 24.5 Å². The van der Waals surface area contributed by atoms with Crippen LogP contribution in [0.15, 0.2) is 48.5 Å². The first-order valence-electron chi connectivity index (χ1n) is 8.76. The van der Waals surface area contributed by atoms with Gasteiger partial charge < -0.3 is 10.2 Å². The van der Waals surface area contributed by atoms with Crippen molar-refractivity contribution < 1.29 is 9.18 Å². The van der Waals surface area contributed by atoms with E-state index in [-0.39, 0.29) is 11.8 Å². The van der Waals surface area contributed by atoms with Gasteiger partial charge >= 0.3 is 6.03 Å². The molecule has 1 saturated heterocycles. The summed E-state index contributed by atoms with van der Waals surface area (Å²) in [6.07, 6.45) is 1.86. The number of hydrogen-bond donors (Lipinski definition) is 1. The largest absolute Gasteiger partial charge is 0.322 e. The zero-order chi connectivity index (χ0) is 17.6. The third-order valence-electron chi connectivity index (χ3n) is 4.53. The highest BCUT2D eigenvalue weighted by molar-refractivity contribution is 5.89. The van der Waals surface area contributed by atoms with Gasteiger partial charge in [0.25, 0.3) is 0 Å². The highest BCUT2D eigenvalue weighted by Crippen LogP contribution is 2.16. The molecule has 0 spiro atoms. The van der Waals surface area contributed by atoms with Crippen molar-refractivity contribution in [3.8, 4) is 0 Å². The lowest BCUT2D eigenvalue weighted by Gasteiger charge is -2.35. The molecular weight excluding hydrogens is 317 g/mol. The molecule has 132 valence electrons. The van der Waals surface area contributed by atoms with Crippen LogP contribution in [-0.4, -0.2) is 35.6 Å². The zero-order valence-electron chi connectivity index (χ0n) is 14.5. The molecule has 3 rings (SSSR count). The average molecular weight is 341 g/mol. The Balaban J connectivity index is 1.58.